The summed E-state index contributed by atoms with van der Waals surface area (Å²) >= 11 is 0. The first kappa shape index (κ1) is 21.1. The molecule has 8 nitrogen and oxygen atoms in total. The summed E-state index contributed by atoms with van der Waals surface area (Å²) in [4.78, 5) is 34.4. The lowest BCUT2D eigenvalue weighted by Crippen LogP contribution is -2.45. The first-order chi connectivity index (χ1) is 13.9. The van der Waals surface area contributed by atoms with Crippen molar-refractivity contribution in [2.75, 3.05) is 6.54 Å². The molecule has 30 heavy (non-hydrogen) atoms. The minimum Gasteiger partial charge on any atom is -0.483 e. The van der Waals surface area contributed by atoms with E-state index in [1.165, 1.54) is 42.6 Å². The number of nitro groups is 1. The van der Waals surface area contributed by atoms with E-state index in [4.69, 9.17) is 4.74 Å². The molecule has 0 saturated heterocycles. The van der Waals surface area contributed by atoms with Crippen LogP contribution in [0.5, 0.6) is 5.75 Å². The molecule has 1 N–H and O–H groups in total. The molecule has 1 amide bonds. The second-order valence-corrected chi connectivity index (χ2v) is 6.97. The van der Waals surface area contributed by atoms with Crippen LogP contribution in [0.4, 0.5) is 18.9 Å². The minimum absolute atomic E-state index is 0.109. The highest BCUT2D eigenvalue weighted by Crippen LogP contribution is 2.42. The van der Waals surface area contributed by atoms with Crippen molar-refractivity contribution in [1.82, 2.24) is 9.88 Å². The normalized spacial score (nSPS) is 15.2. The molecule has 0 atom stereocenters. The number of ether oxygens (including phenoxy) is 1. The number of hydrogen-bond acceptors (Lipinski definition) is 5. The maximum atomic E-state index is 12.7. The molecule has 0 saturated carbocycles. The number of nitro benzene ring substituents is 1. The van der Waals surface area contributed by atoms with Gasteiger partial charge < -0.3 is 10.1 Å². The Bertz CT molecular complexity index is 1120. The largest absolute Gasteiger partial charge is 0.483 e. The molecule has 158 valence electrons. The molecule has 2 aromatic rings. The zero-order chi connectivity index (χ0) is 22.3. The number of nitrogens with one attached hydrogen (secondary N) is 1. The van der Waals surface area contributed by atoms with Crippen molar-refractivity contribution in [1.29, 1.82) is 0 Å². The molecule has 0 radical (unpaired) electrons. The smallest absolute Gasteiger partial charge is 0.471 e. The molecular formula is C19H16F3N3O5. The lowest BCUT2D eigenvalue weighted by Gasteiger charge is -2.37. The molecule has 1 aromatic heterocycles. The van der Waals surface area contributed by atoms with E-state index in [0.29, 0.717) is 0 Å². The lowest BCUT2D eigenvalue weighted by atomic mass is 9.89. The number of pyridine rings is 1. The van der Waals surface area contributed by atoms with Crippen LogP contribution in [-0.4, -0.2) is 33.7 Å². The van der Waals surface area contributed by atoms with Crippen molar-refractivity contribution in [2.24, 2.45) is 0 Å². The quantitative estimate of drug-likeness (QED) is 0.602. The molecule has 1 aliphatic heterocycles. The summed E-state index contributed by atoms with van der Waals surface area (Å²) in [5, 5.41) is 13.0. The van der Waals surface area contributed by atoms with Gasteiger partial charge in [0.25, 0.3) is 11.2 Å². The number of carbonyl (C=O) groups excluding carboxylic acids is 1. The number of amides is 1. The summed E-state index contributed by atoms with van der Waals surface area (Å²) in [5.74, 6) is -1.95. The Morgan fingerprint density at radius 3 is 2.57 bits per heavy atom. The highest BCUT2D eigenvalue weighted by molar-refractivity contribution is 5.83. The van der Waals surface area contributed by atoms with Gasteiger partial charge in [-0.05, 0) is 26.0 Å². The number of benzene rings is 1. The fourth-order valence-electron chi connectivity index (χ4n) is 3.14. The minimum atomic E-state index is -5.10. The highest BCUT2D eigenvalue weighted by atomic mass is 19.4. The third-order valence-electron chi connectivity index (χ3n) is 4.55. The molecule has 1 aromatic carbocycles. The van der Waals surface area contributed by atoms with Gasteiger partial charge in [0.1, 0.15) is 11.4 Å². The maximum Gasteiger partial charge on any atom is 0.471 e. The van der Waals surface area contributed by atoms with Crippen molar-refractivity contribution in [3.8, 4) is 5.75 Å². The van der Waals surface area contributed by atoms with Gasteiger partial charge in [-0.15, -0.1) is 0 Å². The summed E-state index contributed by atoms with van der Waals surface area (Å²) in [6, 6.07) is 7.98. The van der Waals surface area contributed by atoms with Crippen molar-refractivity contribution in [2.45, 2.75) is 25.6 Å². The van der Waals surface area contributed by atoms with Crippen LogP contribution < -0.4 is 15.6 Å². The predicted octanol–water partition coefficient (Wildman–Crippen LogP) is 2.87. The third kappa shape index (κ3) is 3.91. The molecule has 2 heterocycles. The fourth-order valence-corrected chi connectivity index (χ4v) is 3.14. The SMILES string of the molecule is CC1(C)Oc2ccc([N+](=O)[O-])cc2C(n2ccccc2=O)=C1CNC(=O)C(F)(F)F. The Morgan fingerprint density at radius 2 is 1.97 bits per heavy atom. The molecule has 0 fully saturated rings. The van der Waals surface area contributed by atoms with Gasteiger partial charge >= 0.3 is 12.1 Å². The van der Waals surface area contributed by atoms with Crippen LogP contribution in [0.1, 0.15) is 19.4 Å². The average Bonchev–Trinajstić information content (AvgIpc) is 2.64. The number of hydrogen-bond donors (Lipinski definition) is 1. The Morgan fingerprint density at radius 1 is 1.27 bits per heavy atom. The van der Waals surface area contributed by atoms with Crippen LogP contribution in [0, 0.1) is 10.1 Å². The number of rotatable bonds is 4. The van der Waals surface area contributed by atoms with Crippen molar-refractivity contribution in [3.05, 3.63) is 74.2 Å². The average molecular weight is 423 g/mol. The standard InChI is InChI=1S/C19H16F3N3O5/c1-18(2)13(10-23-17(27)19(20,21)22)16(24-8-4-3-5-15(24)26)12-9-11(25(28)29)6-7-14(12)30-18/h3-9H,10H2,1-2H3,(H,23,27). The summed E-state index contributed by atoms with van der Waals surface area (Å²) in [6.45, 7) is 2.52. The summed E-state index contributed by atoms with van der Waals surface area (Å²) in [7, 11) is 0. The van der Waals surface area contributed by atoms with E-state index in [0.717, 1.165) is 4.57 Å². The van der Waals surface area contributed by atoms with Crippen LogP contribution in [0.15, 0.2) is 53.0 Å². The summed E-state index contributed by atoms with van der Waals surface area (Å²) in [5.41, 5.74) is -1.64. The third-order valence-corrected chi connectivity index (χ3v) is 4.55. The van der Waals surface area contributed by atoms with Crippen LogP contribution in [0.2, 0.25) is 0 Å². The van der Waals surface area contributed by atoms with Crippen molar-refractivity contribution >= 4 is 17.3 Å². The number of fused-ring (bicyclic) bond motifs is 1. The van der Waals surface area contributed by atoms with E-state index in [2.05, 4.69) is 0 Å². The van der Waals surface area contributed by atoms with Gasteiger partial charge in [0.2, 0.25) is 0 Å². The van der Waals surface area contributed by atoms with Crippen molar-refractivity contribution in [3.63, 3.8) is 0 Å². The fraction of sp³-hybridized carbons (Fsp3) is 0.263. The molecule has 0 spiro atoms. The first-order valence-electron chi connectivity index (χ1n) is 8.66. The zero-order valence-electron chi connectivity index (χ0n) is 15.8. The Labute approximate surface area is 167 Å². The van der Waals surface area contributed by atoms with Crippen molar-refractivity contribution < 1.29 is 27.6 Å². The van der Waals surface area contributed by atoms with Gasteiger partial charge in [0.15, 0.2) is 0 Å². The molecule has 0 bridgehead atoms. The topological polar surface area (TPSA) is 103 Å². The first-order valence-corrected chi connectivity index (χ1v) is 8.66. The molecule has 0 aliphatic carbocycles. The summed E-state index contributed by atoms with van der Waals surface area (Å²) in [6.07, 6.45) is -3.71. The number of nitrogens with zero attached hydrogens (tertiary/aromatic N) is 2. The number of alkyl halides is 3. The molecule has 0 unspecified atom stereocenters. The van der Waals surface area contributed by atoms with Crippen LogP contribution >= 0.6 is 0 Å². The lowest BCUT2D eigenvalue weighted by molar-refractivity contribution is -0.384. The Balaban J connectivity index is 2.26. The van der Waals surface area contributed by atoms with Gasteiger partial charge in [-0.1, -0.05) is 6.07 Å². The van der Waals surface area contributed by atoms with E-state index in [9.17, 15) is 32.9 Å². The molecule has 11 heteroatoms. The predicted molar refractivity (Wildman–Crippen MR) is 99.9 cm³/mol. The van der Waals surface area contributed by atoms with Gasteiger partial charge in [0, 0.05) is 42.1 Å². The van der Waals surface area contributed by atoms with Crippen LogP contribution in [0.25, 0.3) is 5.70 Å². The second kappa shape index (κ2) is 7.32. The Kier molecular flexibility index (Phi) is 5.15. The van der Waals surface area contributed by atoms with E-state index in [-0.39, 0.29) is 28.3 Å². The van der Waals surface area contributed by atoms with Crippen LogP contribution in [-0.2, 0) is 4.79 Å². The summed E-state index contributed by atoms with van der Waals surface area (Å²) < 4.78 is 45.0. The van der Waals surface area contributed by atoms with Gasteiger partial charge in [-0.2, -0.15) is 13.2 Å². The van der Waals surface area contributed by atoms with Crippen LogP contribution in [0.3, 0.4) is 0 Å². The number of non-ortho nitro benzene ring substituents is 1. The monoisotopic (exact) mass is 423 g/mol. The highest BCUT2D eigenvalue weighted by Gasteiger charge is 2.41. The van der Waals surface area contributed by atoms with Gasteiger partial charge in [-0.25, -0.2) is 0 Å². The molecule has 1 aliphatic rings. The number of halogens is 3. The number of aromatic nitrogens is 1. The van der Waals surface area contributed by atoms with E-state index >= 15 is 0 Å². The Hall–Kier alpha value is -3.63. The zero-order valence-corrected chi connectivity index (χ0v) is 15.8. The number of carbonyl (C=O) groups is 1. The van der Waals surface area contributed by atoms with E-state index < -0.39 is 34.7 Å². The maximum absolute atomic E-state index is 12.7. The second-order valence-electron chi connectivity index (χ2n) is 6.97. The molecule has 3 rings (SSSR count). The van der Waals surface area contributed by atoms with E-state index in [1.807, 2.05) is 0 Å². The van der Waals surface area contributed by atoms with E-state index in [1.54, 1.807) is 19.2 Å². The van der Waals surface area contributed by atoms with Gasteiger partial charge in [-0.3, -0.25) is 24.3 Å². The van der Waals surface area contributed by atoms with Gasteiger partial charge in [0.05, 0.1) is 10.6 Å². The molecular weight excluding hydrogens is 407 g/mol.